The Labute approximate surface area is 139 Å². The van der Waals surface area contributed by atoms with Crippen molar-refractivity contribution in [1.82, 2.24) is 14.7 Å². The predicted molar refractivity (Wildman–Crippen MR) is 94.4 cm³/mol. The first kappa shape index (κ1) is 16.1. The van der Waals surface area contributed by atoms with Crippen LogP contribution < -0.4 is 0 Å². The normalized spacial score (nSPS) is 19.4. The van der Waals surface area contributed by atoms with Gasteiger partial charge in [-0.05, 0) is 36.5 Å². The second-order valence-corrected chi connectivity index (χ2v) is 6.64. The van der Waals surface area contributed by atoms with Crippen LogP contribution >= 0.6 is 0 Å². The van der Waals surface area contributed by atoms with Crippen molar-refractivity contribution >= 4 is 11.6 Å². The molecule has 4 heteroatoms. The van der Waals surface area contributed by atoms with E-state index in [1.54, 1.807) is 4.90 Å². The molecule has 0 atom stereocenters. The van der Waals surface area contributed by atoms with E-state index in [9.17, 15) is 4.79 Å². The molecule has 0 aliphatic carbocycles. The Balaban J connectivity index is 1.46. The van der Waals surface area contributed by atoms with E-state index in [4.69, 9.17) is 0 Å². The quantitative estimate of drug-likeness (QED) is 0.836. The third kappa shape index (κ3) is 3.75. The SMILES string of the molecule is Cc1ccccc1C1=CCN(CCCN2CCN(C)C2=O)CC1. The molecule has 2 heterocycles. The zero-order valence-electron chi connectivity index (χ0n) is 14.3. The number of rotatable bonds is 5. The molecule has 1 fully saturated rings. The van der Waals surface area contributed by atoms with Gasteiger partial charge in [-0.2, -0.15) is 0 Å². The zero-order valence-corrected chi connectivity index (χ0v) is 14.3. The predicted octanol–water partition coefficient (Wildman–Crippen LogP) is 2.84. The fourth-order valence-corrected chi connectivity index (χ4v) is 3.49. The standard InChI is InChI=1S/C19H27N3O/c1-16-6-3-4-7-18(16)17-8-12-21(13-9-17)10-5-11-22-15-14-20(2)19(22)23/h3-4,6-8H,5,9-15H2,1-2H3. The average molecular weight is 313 g/mol. The van der Waals surface area contributed by atoms with Crippen LogP contribution in [-0.2, 0) is 0 Å². The smallest absolute Gasteiger partial charge is 0.319 e. The molecule has 0 unspecified atom stereocenters. The summed E-state index contributed by atoms with van der Waals surface area (Å²) in [6.07, 6.45) is 4.56. The molecular weight excluding hydrogens is 286 g/mol. The summed E-state index contributed by atoms with van der Waals surface area (Å²) >= 11 is 0. The molecule has 0 N–H and O–H groups in total. The number of carbonyl (C=O) groups excluding carboxylic acids is 1. The van der Waals surface area contributed by atoms with Gasteiger partial charge in [0.05, 0.1) is 0 Å². The third-order valence-corrected chi connectivity index (χ3v) is 4.99. The topological polar surface area (TPSA) is 26.8 Å². The van der Waals surface area contributed by atoms with Crippen molar-refractivity contribution in [3.8, 4) is 0 Å². The molecule has 0 aromatic heterocycles. The lowest BCUT2D eigenvalue weighted by molar-refractivity contribution is 0.195. The highest BCUT2D eigenvalue weighted by Gasteiger charge is 2.24. The highest BCUT2D eigenvalue weighted by Crippen LogP contribution is 2.25. The Morgan fingerprint density at radius 2 is 1.91 bits per heavy atom. The van der Waals surface area contributed by atoms with Crippen molar-refractivity contribution in [2.24, 2.45) is 0 Å². The molecular formula is C19H27N3O. The minimum Gasteiger partial charge on any atom is -0.326 e. The highest BCUT2D eigenvalue weighted by molar-refractivity contribution is 5.76. The molecule has 2 aliphatic heterocycles. The summed E-state index contributed by atoms with van der Waals surface area (Å²) in [5.41, 5.74) is 4.25. The first-order valence-electron chi connectivity index (χ1n) is 8.62. The number of likely N-dealkylation sites (N-methyl/N-ethyl adjacent to an activating group) is 1. The Hall–Kier alpha value is -1.81. The Morgan fingerprint density at radius 3 is 2.57 bits per heavy atom. The summed E-state index contributed by atoms with van der Waals surface area (Å²) in [6, 6.07) is 8.83. The lowest BCUT2D eigenvalue weighted by Crippen LogP contribution is -2.34. The van der Waals surface area contributed by atoms with Gasteiger partial charge in [-0.1, -0.05) is 30.3 Å². The lowest BCUT2D eigenvalue weighted by Gasteiger charge is -2.27. The van der Waals surface area contributed by atoms with Gasteiger partial charge in [0.15, 0.2) is 0 Å². The molecule has 1 aromatic rings. The Bertz CT molecular complexity index is 596. The van der Waals surface area contributed by atoms with Gasteiger partial charge in [0.2, 0.25) is 0 Å². The van der Waals surface area contributed by atoms with Gasteiger partial charge in [-0.15, -0.1) is 0 Å². The van der Waals surface area contributed by atoms with Crippen LogP contribution in [0.4, 0.5) is 4.79 Å². The molecule has 23 heavy (non-hydrogen) atoms. The Morgan fingerprint density at radius 1 is 1.09 bits per heavy atom. The van der Waals surface area contributed by atoms with Crippen molar-refractivity contribution in [1.29, 1.82) is 0 Å². The first-order valence-corrected chi connectivity index (χ1v) is 8.62. The molecule has 0 spiro atoms. The van der Waals surface area contributed by atoms with Gasteiger partial charge >= 0.3 is 6.03 Å². The van der Waals surface area contributed by atoms with E-state index >= 15 is 0 Å². The first-order chi connectivity index (χ1) is 11.1. The van der Waals surface area contributed by atoms with Gasteiger partial charge in [-0.3, -0.25) is 4.90 Å². The van der Waals surface area contributed by atoms with Crippen molar-refractivity contribution < 1.29 is 4.79 Å². The van der Waals surface area contributed by atoms with Crippen LogP contribution in [-0.4, -0.2) is 67.0 Å². The fourth-order valence-electron chi connectivity index (χ4n) is 3.49. The largest absolute Gasteiger partial charge is 0.326 e. The maximum atomic E-state index is 11.8. The summed E-state index contributed by atoms with van der Waals surface area (Å²) in [5.74, 6) is 0. The molecule has 0 saturated carbocycles. The number of urea groups is 1. The van der Waals surface area contributed by atoms with E-state index in [0.717, 1.165) is 52.1 Å². The number of nitrogens with zero attached hydrogens (tertiary/aromatic N) is 3. The number of amides is 2. The van der Waals surface area contributed by atoms with Crippen LogP contribution in [0.15, 0.2) is 30.3 Å². The number of benzene rings is 1. The molecule has 1 aromatic carbocycles. The molecule has 4 nitrogen and oxygen atoms in total. The number of hydrogen-bond donors (Lipinski definition) is 0. The molecule has 2 amide bonds. The summed E-state index contributed by atoms with van der Waals surface area (Å²) < 4.78 is 0. The van der Waals surface area contributed by atoms with Crippen LogP contribution in [0.2, 0.25) is 0 Å². The summed E-state index contributed by atoms with van der Waals surface area (Å²) in [5, 5.41) is 0. The molecule has 0 bridgehead atoms. The van der Waals surface area contributed by atoms with E-state index < -0.39 is 0 Å². The van der Waals surface area contributed by atoms with Gasteiger partial charge in [0.25, 0.3) is 0 Å². The van der Waals surface area contributed by atoms with Crippen LogP contribution in [0.3, 0.4) is 0 Å². The fraction of sp³-hybridized carbons (Fsp3) is 0.526. The Kier molecular flexibility index (Phi) is 5.01. The van der Waals surface area contributed by atoms with Gasteiger partial charge < -0.3 is 9.80 Å². The highest BCUT2D eigenvalue weighted by atomic mass is 16.2. The number of hydrogen-bond acceptors (Lipinski definition) is 2. The van der Waals surface area contributed by atoms with Crippen LogP contribution in [0.5, 0.6) is 0 Å². The lowest BCUT2D eigenvalue weighted by atomic mass is 9.95. The molecule has 124 valence electrons. The third-order valence-electron chi connectivity index (χ3n) is 4.99. The van der Waals surface area contributed by atoms with Crippen LogP contribution in [0, 0.1) is 6.92 Å². The van der Waals surface area contributed by atoms with Gasteiger partial charge in [0.1, 0.15) is 0 Å². The van der Waals surface area contributed by atoms with E-state index in [0.29, 0.717) is 0 Å². The summed E-state index contributed by atoms with van der Waals surface area (Å²) in [6.45, 7) is 8.04. The summed E-state index contributed by atoms with van der Waals surface area (Å²) in [7, 11) is 1.88. The second-order valence-electron chi connectivity index (χ2n) is 6.64. The second kappa shape index (κ2) is 7.18. The number of aryl methyl sites for hydroxylation is 1. The minimum atomic E-state index is 0.186. The monoisotopic (exact) mass is 313 g/mol. The van der Waals surface area contributed by atoms with E-state index in [2.05, 4.69) is 42.2 Å². The van der Waals surface area contributed by atoms with Gasteiger partial charge in [-0.25, -0.2) is 4.79 Å². The van der Waals surface area contributed by atoms with E-state index in [1.165, 1.54) is 16.7 Å². The molecule has 1 saturated heterocycles. The van der Waals surface area contributed by atoms with Gasteiger partial charge in [0, 0.05) is 46.3 Å². The van der Waals surface area contributed by atoms with Crippen molar-refractivity contribution in [3.05, 3.63) is 41.5 Å². The zero-order chi connectivity index (χ0) is 16.2. The number of carbonyl (C=O) groups is 1. The maximum absolute atomic E-state index is 11.8. The maximum Gasteiger partial charge on any atom is 0.319 e. The molecule has 3 rings (SSSR count). The average Bonchev–Trinajstić information content (AvgIpc) is 2.88. The van der Waals surface area contributed by atoms with E-state index in [1.807, 2.05) is 11.9 Å². The van der Waals surface area contributed by atoms with Crippen molar-refractivity contribution in [2.45, 2.75) is 19.8 Å². The minimum absolute atomic E-state index is 0.186. The van der Waals surface area contributed by atoms with Crippen LogP contribution in [0.25, 0.3) is 5.57 Å². The van der Waals surface area contributed by atoms with Crippen molar-refractivity contribution in [3.63, 3.8) is 0 Å². The molecule has 0 radical (unpaired) electrons. The van der Waals surface area contributed by atoms with Crippen molar-refractivity contribution in [2.75, 3.05) is 46.3 Å². The molecule has 2 aliphatic rings. The summed E-state index contributed by atoms with van der Waals surface area (Å²) in [4.78, 5) is 18.1. The van der Waals surface area contributed by atoms with E-state index in [-0.39, 0.29) is 6.03 Å². The van der Waals surface area contributed by atoms with Crippen LogP contribution in [0.1, 0.15) is 24.0 Å².